The molecule has 150 valence electrons. The van der Waals surface area contributed by atoms with Crippen LogP contribution in [0.3, 0.4) is 0 Å². The average molecular weight is 398 g/mol. The molecule has 3 nitrogen and oxygen atoms in total. The topological polar surface area (TPSA) is 49.3 Å². The van der Waals surface area contributed by atoms with Gasteiger partial charge in [-0.1, -0.05) is 57.5 Å². The molecule has 4 heteroatoms. The van der Waals surface area contributed by atoms with E-state index in [4.69, 9.17) is 0 Å². The van der Waals surface area contributed by atoms with Gasteiger partial charge in [0, 0.05) is 11.9 Å². The highest BCUT2D eigenvalue weighted by molar-refractivity contribution is 7.85. The third-order valence-corrected chi connectivity index (χ3v) is 5.81. The Kier molecular flexibility index (Phi) is 5.72. The quantitative estimate of drug-likeness (QED) is 0.651. The van der Waals surface area contributed by atoms with Crippen LogP contribution in [0.15, 0.2) is 54.1 Å². The number of phenols is 1. The van der Waals surface area contributed by atoms with Gasteiger partial charge in [0.25, 0.3) is 0 Å². The summed E-state index contributed by atoms with van der Waals surface area (Å²) in [5.41, 5.74) is 6.35. The molecule has 1 unspecified atom stereocenters. The minimum atomic E-state index is -1.09. The molecule has 1 atom stereocenters. The predicted octanol–water partition coefficient (Wildman–Crippen LogP) is 6.14. The van der Waals surface area contributed by atoms with Crippen molar-refractivity contribution in [2.45, 2.75) is 47.0 Å². The van der Waals surface area contributed by atoms with Crippen LogP contribution < -0.4 is 4.72 Å². The lowest BCUT2D eigenvalue weighted by molar-refractivity contribution is 0.154. The Balaban J connectivity index is 2.13. The minimum Gasteiger partial charge on any atom is -0.508 e. The van der Waals surface area contributed by atoms with Gasteiger partial charge in [-0.3, -0.25) is 0 Å². The molecule has 0 spiro atoms. The lowest BCUT2D eigenvalue weighted by atomic mass is 9.62. The fourth-order valence-corrected chi connectivity index (χ4v) is 5.36. The number of aromatic hydroxyl groups is 1. The van der Waals surface area contributed by atoms with Crippen LogP contribution in [0.4, 0.5) is 5.69 Å². The summed E-state index contributed by atoms with van der Waals surface area (Å²) >= 11 is 0. The van der Waals surface area contributed by atoms with Crippen LogP contribution in [0.1, 0.15) is 58.1 Å². The van der Waals surface area contributed by atoms with Crippen LogP contribution in [0.5, 0.6) is 5.75 Å². The summed E-state index contributed by atoms with van der Waals surface area (Å²) in [5, 5.41) is 9.75. The van der Waals surface area contributed by atoms with E-state index < -0.39 is 11.0 Å². The lowest BCUT2D eigenvalue weighted by Gasteiger charge is -2.43. The second-order valence-corrected chi connectivity index (χ2v) is 10.6. The van der Waals surface area contributed by atoms with Crippen molar-refractivity contribution in [3.8, 4) is 5.75 Å². The fraction of sp³-hybridized carbons (Fsp3) is 0.417. The molecule has 0 amide bonds. The van der Waals surface area contributed by atoms with Gasteiger partial charge in [0.05, 0.1) is 0 Å². The van der Waals surface area contributed by atoms with Gasteiger partial charge in [0.1, 0.15) is 16.7 Å². The second kappa shape index (κ2) is 7.75. The average Bonchev–Trinajstić information content (AvgIpc) is 2.55. The van der Waals surface area contributed by atoms with Crippen molar-refractivity contribution in [1.82, 2.24) is 0 Å². The molecule has 0 radical (unpaired) electrons. The fourth-order valence-electron chi connectivity index (χ4n) is 4.89. The van der Waals surface area contributed by atoms with Gasteiger partial charge in [-0.2, -0.15) is 0 Å². The molecular formula is C24H31NO2S. The van der Waals surface area contributed by atoms with Crippen LogP contribution in [-0.4, -0.2) is 15.6 Å². The van der Waals surface area contributed by atoms with Crippen molar-refractivity contribution >= 4 is 22.2 Å². The van der Waals surface area contributed by atoms with Crippen molar-refractivity contribution in [3.05, 3.63) is 65.2 Å². The summed E-state index contributed by atoms with van der Waals surface area (Å²) in [6.07, 6.45) is 4.96. The number of nitrogens with one attached hydrogen (secondary N) is 1. The summed E-state index contributed by atoms with van der Waals surface area (Å²) in [6, 6.07) is 15.7. The summed E-state index contributed by atoms with van der Waals surface area (Å²) in [7, 11) is -1.09. The van der Waals surface area contributed by atoms with E-state index in [0.29, 0.717) is 0 Å². The van der Waals surface area contributed by atoms with Crippen LogP contribution >= 0.6 is 0 Å². The standard InChI is InChI=1S/C24H31NO2S/c1-23(2)14-19(15-24(3,4)16-23)22(18-8-12-21(26)13-9-18)17-6-10-20(11-7-17)25-28(5)27/h6-13,25-26H,14-16H2,1-5H3. The summed E-state index contributed by atoms with van der Waals surface area (Å²) in [4.78, 5) is 0. The normalized spacial score (nSPS) is 19.1. The Morgan fingerprint density at radius 1 is 0.893 bits per heavy atom. The van der Waals surface area contributed by atoms with E-state index in [-0.39, 0.29) is 16.6 Å². The highest BCUT2D eigenvalue weighted by atomic mass is 32.2. The number of phenolic OH excluding ortho intramolecular Hbond substituents is 1. The van der Waals surface area contributed by atoms with Gasteiger partial charge in [-0.25, -0.2) is 4.21 Å². The molecule has 0 saturated heterocycles. The van der Waals surface area contributed by atoms with Crippen LogP contribution in [0, 0.1) is 10.8 Å². The van der Waals surface area contributed by atoms with Crippen LogP contribution in [0.25, 0.3) is 5.57 Å². The molecule has 0 bridgehead atoms. The van der Waals surface area contributed by atoms with Crippen LogP contribution in [-0.2, 0) is 11.0 Å². The Morgan fingerprint density at radius 3 is 1.82 bits per heavy atom. The Labute approximate surface area is 171 Å². The zero-order chi connectivity index (χ0) is 20.5. The van der Waals surface area contributed by atoms with Gasteiger partial charge in [-0.15, -0.1) is 0 Å². The molecule has 1 aliphatic carbocycles. The van der Waals surface area contributed by atoms with Gasteiger partial charge in [0.15, 0.2) is 0 Å². The first-order valence-electron chi connectivity index (χ1n) is 9.77. The minimum absolute atomic E-state index is 0.250. The maximum absolute atomic E-state index is 11.4. The Morgan fingerprint density at radius 2 is 1.36 bits per heavy atom. The van der Waals surface area contributed by atoms with E-state index >= 15 is 0 Å². The van der Waals surface area contributed by atoms with E-state index in [9.17, 15) is 9.32 Å². The number of benzene rings is 2. The number of hydrogen-bond donors (Lipinski definition) is 2. The SMILES string of the molecule is CS(=O)Nc1ccc(C(=C2CC(C)(C)CC(C)(C)C2)c2ccc(O)cc2)cc1. The summed E-state index contributed by atoms with van der Waals surface area (Å²) in [5.74, 6) is 0.280. The molecule has 3 rings (SSSR count). The first kappa shape index (κ1) is 20.7. The van der Waals surface area contributed by atoms with Crippen molar-refractivity contribution < 1.29 is 9.32 Å². The Bertz CT molecular complexity index is 875. The molecule has 0 aromatic heterocycles. The zero-order valence-corrected chi connectivity index (χ0v) is 18.3. The van der Waals surface area contributed by atoms with Crippen molar-refractivity contribution in [2.24, 2.45) is 10.8 Å². The van der Waals surface area contributed by atoms with E-state index in [0.717, 1.165) is 29.7 Å². The second-order valence-electron chi connectivity index (χ2n) is 9.52. The highest BCUT2D eigenvalue weighted by Gasteiger charge is 2.37. The summed E-state index contributed by atoms with van der Waals surface area (Å²) < 4.78 is 14.4. The van der Waals surface area contributed by atoms with Crippen molar-refractivity contribution in [1.29, 1.82) is 0 Å². The van der Waals surface area contributed by atoms with Gasteiger partial charge in [0.2, 0.25) is 0 Å². The van der Waals surface area contributed by atoms with Gasteiger partial charge < -0.3 is 9.83 Å². The summed E-state index contributed by atoms with van der Waals surface area (Å²) in [6.45, 7) is 9.41. The van der Waals surface area contributed by atoms with E-state index in [2.05, 4.69) is 44.5 Å². The van der Waals surface area contributed by atoms with Crippen molar-refractivity contribution in [3.63, 3.8) is 0 Å². The number of allylic oxidation sites excluding steroid dienone is 1. The Hall–Kier alpha value is -2.07. The zero-order valence-electron chi connectivity index (χ0n) is 17.5. The number of anilines is 1. The molecule has 2 N–H and O–H groups in total. The van der Waals surface area contributed by atoms with E-state index in [1.54, 1.807) is 18.4 Å². The van der Waals surface area contributed by atoms with Crippen molar-refractivity contribution in [2.75, 3.05) is 11.0 Å². The molecule has 1 aliphatic rings. The monoisotopic (exact) mass is 397 g/mol. The van der Waals surface area contributed by atoms with Crippen LogP contribution in [0.2, 0.25) is 0 Å². The smallest absolute Gasteiger partial charge is 0.115 e. The lowest BCUT2D eigenvalue weighted by Crippen LogP contribution is -2.30. The third kappa shape index (κ3) is 5.05. The molecule has 28 heavy (non-hydrogen) atoms. The number of hydrogen-bond acceptors (Lipinski definition) is 2. The largest absolute Gasteiger partial charge is 0.508 e. The molecule has 1 fully saturated rings. The molecule has 2 aromatic carbocycles. The maximum atomic E-state index is 11.4. The highest BCUT2D eigenvalue weighted by Crippen LogP contribution is 2.50. The molecule has 2 aromatic rings. The van der Waals surface area contributed by atoms with E-state index in [1.807, 2.05) is 24.3 Å². The molecular weight excluding hydrogens is 366 g/mol. The van der Waals surface area contributed by atoms with E-state index in [1.165, 1.54) is 17.6 Å². The molecule has 0 heterocycles. The predicted molar refractivity (Wildman–Crippen MR) is 120 cm³/mol. The van der Waals surface area contributed by atoms with Gasteiger partial charge >= 0.3 is 0 Å². The molecule has 1 saturated carbocycles. The third-order valence-electron chi connectivity index (χ3n) is 5.29. The first-order chi connectivity index (χ1) is 13.0. The molecule has 0 aliphatic heterocycles. The maximum Gasteiger partial charge on any atom is 0.115 e. The number of rotatable bonds is 4. The first-order valence-corrected chi connectivity index (χ1v) is 11.3. The van der Waals surface area contributed by atoms with Gasteiger partial charge in [-0.05, 0) is 71.1 Å².